The van der Waals surface area contributed by atoms with E-state index in [0.717, 1.165) is 12.5 Å². The van der Waals surface area contributed by atoms with E-state index in [0.29, 0.717) is 32.3 Å². The molecule has 0 bridgehead atoms. The second-order valence-corrected chi connectivity index (χ2v) is 7.07. The maximum absolute atomic E-state index is 5.86. The van der Waals surface area contributed by atoms with Crippen molar-refractivity contribution in [2.75, 3.05) is 26.4 Å². The SMILES string of the molecule is CCCCC(CN)C[Si](OCC)(OCC)OCC.N. The lowest BCUT2D eigenvalue weighted by molar-refractivity contribution is 0.0668. The van der Waals surface area contributed by atoms with E-state index in [1.54, 1.807) is 0 Å². The highest BCUT2D eigenvalue weighted by molar-refractivity contribution is 6.60. The highest BCUT2D eigenvalue weighted by Crippen LogP contribution is 2.24. The van der Waals surface area contributed by atoms with Gasteiger partial charge in [-0.25, -0.2) is 0 Å². The van der Waals surface area contributed by atoms with Crippen molar-refractivity contribution in [3.63, 3.8) is 0 Å². The Labute approximate surface area is 120 Å². The van der Waals surface area contributed by atoms with Gasteiger partial charge in [0.1, 0.15) is 0 Å². The van der Waals surface area contributed by atoms with Crippen molar-refractivity contribution < 1.29 is 13.3 Å². The predicted octanol–water partition coefficient (Wildman–Crippen LogP) is 2.96. The second kappa shape index (κ2) is 13.0. The normalized spacial score (nSPS) is 13.1. The zero-order valence-electron chi connectivity index (χ0n) is 13.2. The van der Waals surface area contributed by atoms with Crippen LogP contribution in [0.5, 0.6) is 0 Å². The standard InChI is InChI=1S/C13H31NO3Si.H3N/c1-5-9-10-13(11-14)12-18(15-6-2,16-7-3)17-8-4;/h13H,5-12,14H2,1-4H3;1H3. The first-order chi connectivity index (χ1) is 8.67. The van der Waals surface area contributed by atoms with Crippen molar-refractivity contribution in [3.8, 4) is 0 Å². The Balaban J connectivity index is 0. The molecule has 0 rings (SSSR count). The maximum atomic E-state index is 5.86. The third-order valence-electron chi connectivity index (χ3n) is 2.93. The summed E-state index contributed by atoms with van der Waals surface area (Å²) in [7, 11) is -2.51. The van der Waals surface area contributed by atoms with Crippen LogP contribution < -0.4 is 11.9 Å². The van der Waals surface area contributed by atoms with Crippen LogP contribution in [0.3, 0.4) is 0 Å². The Hall–Kier alpha value is 0.0169. The van der Waals surface area contributed by atoms with Crippen LogP contribution in [0.15, 0.2) is 0 Å². The second-order valence-electron chi connectivity index (χ2n) is 4.43. The molecule has 0 amide bonds. The number of rotatable bonds is 12. The predicted molar refractivity (Wildman–Crippen MR) is 82.5 cm³/mol. The lowest BCUT2D eigenvalue weighted by Gasteiger charge is -2.31. The van der Waals surface area contributed by atoms with Gasteiger partial charge < -0.3 is 25.2 Å². The summed E-state index contributed by atoms with van der Waals surface area (Å²) in [6.07, 6.45) is 3.54. The molecule has 5 N–H and O–H groups in total. The van der Waals surface area contributed by atoms with E-state index in [4.69, 9.17) is 19.0 Å². The summed E-state index contributed by atoms with van der Waals surface area (Å²) >= 11 is 0. The molecule has 0 aromatic rings. The highest BCUT2D eigenvalue weighted by atomic mass is 28.4. The van der Waals surface area contributed by atoms with E-state index in [2.05, 4.69) is 6.92 Å². The Kier molecular flexibility index (Phi) is 14.6. The van der Waals surface area contributed by atoms with Crippen LogP contribution in [0, 0.1) is 5.92 Å². The molecule has 0 fully saturated rings. The molecule has 118 valence electrons. The molecule has 1 unspecified atom stereocenters. The van der Waals surface area contributed by atoms with Crippen LogP contribution in [0.4, 0.5) is 0 Å². The molecule has 6 heteroatoms. The Morgan fingerprint density at radius 1 is 0.947 bits per heavy atom. The Bertz CT molecular complexity index is 180. The van der Waals surface area contributed by atoms with Gasteiger partial charge in [-0.05, 0) is 39.7 Å². The number of hydrogen-bond acceptors (Lipinski definition) is 5. The van der Waals surface area contributed by atoms with E-state index >= 15 is 0 Å². The summed E-state index contributed by atoms with van der Waals surface area (Å²) in [4.78, 5) is 0. The van der Waals surface area contributed by atoms with Gasteiger partial charge in [-0.1, -0.05) is 19.8 Å². The van der Waals surface area contributed by atoms with Crippen molar-refractivity contribution >= 4 is 8.80 Å². The van der Waals surface area contributed by atoms with Gasteiger partial charge >= 0.3 is 8.80 Å². The minimum atomic E-state index is -2.51. The zero-order valence-corrected chi connectivity index (χ0v) is 14.2. The van der Waals surface area contributed by atoms with Gasteiger partial charge in [-0.2, -0.15) is 0 Å². The van der Waals surface area contributed by atoms with Gasteiger partial charge in [-0.3, -0.25) is 0 Å². The molecule has 0 radical (unpaired) electrons. The monoisotopic (exact) mass is 294 g/mol. The van der Waals surface area contributed by atoms with Gasteiger partial charge in [0.25, 0.3) is 0 Å². The smallest absolute Gasteiger partial charge is 0.374 e. The van der Waals surface area contributed by atoms with Crippen LogP contribution in [0.1, 0.15) is 47.0 Å². The molecule has 1 atom stereocenters. The lowest BCUT2D eigenvalue weighted by atomic mass is 10.1. The lowest BCUT2D eigenvalue weighted by Crippen LogP contribution is -2.48. The average Bonchev–Trinajstić information content (AvgIpc) is 2.35. The first-order valence-corrected chi connectivity index (χ1v) is 9.23. The van der Waals surface area contributed by atoms with E-state index in [1.807, 2.05) is 20.8 Å². The molecule has 0 aromatic heterocycles. The summed E-state index contributed by atoms with van der Waals surface area (Å²) < 4.78 is 17.6. The third kappa shape index (κ3) is 8.72. The van der Waals surface area contributed by atoms with Crippen LogP contribution in [-0.4, -0.2) is 35.2 Å². The molecule has 0 aromatic carbocycles. The molecule has 0 saturated carbocycles. The maximum Gasteiger partial charge on any atom is 0.501 e. The molecular formula is C13H34N2O3Si. The molecule has 0 aliphatic heterocycles. The summed E-state index contributed by atoms with van der Waals surface area (Å²) in [5.74, 6) is 0.446. The number of hydrogen-bond donors (Lipinski definition) is 2. The molecular weight excluding hydrogens is 260 g/mol. The van der Waals surface area contributed by atoms with Gasteiger partial charge in [0.2, 0.25) is 0 Å². The van der Waals surface area contributed by atoms with E-state index in [-0.39, 0.29) is 6.15 Å². The first-order valence-electron chi connectivity index (χ1n) is 7.29. The van der Waals surface area contributed by atoms with E-state index in [1.165, 1.54) is 12.8 Å². The van der Waals surface area contributed by atoms with Crippen molar-refractivity contribution in [2.45, 2.75) is 53.0 Å². The Morgan fingerprint density at radius 2 is 1.42 bits per heavy atom. The molecule has 0 aliphatic carbocycles. The van der Waals surface area contributed by atoms with Crippen LogP contribution in [0.25, 0.3) is 0 Å². The van der Waals surface area contributed by atoms with Crippen LogP contribution >= 0.6 is 0 Å². The topological polar surface area (TPSA) is 88.7 Å². The molecule has 19 heavy (non-hydrogen) atoms. The fourth-order valence-electron chi connectivity index (χ4n) is 2.11. The molecule has 0 heterocycles. The van der Waals surface area contributed by atoms with Gasteiger partial charge in [0.05, 0.1) is 0 Å². The van der Waals surface area contributed by atoms with Gasteiger partial charge in [-0.15, -0.1) is 0 Å². The van der Waals surface area contributed by atoms with Gasteiger partial charge in [0, 0.05) is 25.9 Å². The van der Waals surface area contributed by atoms with Crippen molar-refractivity contribution in [1.82, 2.24) is 6.15 Å². The van der Waals surface area contributed by atoms with E-state index < -0.39 is 8.80 Å². The summed E-state index contributed by atoms with van der Waals surface area (Å²) in [6.45, 7) is 10.8. The minimum absolute atomic E-state index is 0. The quantitative estimate of drug-likeness (QED) is 0.540. The minimum Gasteiger partial charge on any atom is -0.374 e. The van der Waals surface area contributed by atoms with Crippen molar-refractivity contribution in [1.29, 1.82) is 0 Å². The highest BCUT2D eigenvalue weighted by Gasteiger charge is 2.42. The van der Waals surface area contributed by atoms with Crippen molar-refractivity contribution in [3.05, 3.63) is 0 Å². The zero-order chi connectivity index (χ0) is 13.9. The van der Waals surface area contributed by atoms with Gasteiger partial charge in [0.15, 0.2) is 0 Å². The summed E-state index contributed by atoms with van der Waals surface area (Å²) in [6, 6.07) is 0.846. The fraction of sp³-hybridized carbons (Fsp3) is 1.00. The summed E-state index contributed by atoms with van der Waals surface area (Å²) in [5, 5.41) is 0. The third-order valence-corrected chi connectivity index (χ3v) is 6.19. The molecule has 5 nitrogen and oxygen atoms in total. The first kappa shape index (κ1) is 21.3. The fourth-order valence-corrected chi connectivity index (χ4v) is 5.11. The number of unbranched alkanes of at least 4 members (excludes halogenated alkanes) is 1. The Morgan fingerprint density at radius 3 is 1.74 bits per heavy atom. The number of nitrogens with two attached hydrogens (primary N) is 1. The molecule has 0 saturated heterocycles. The van der Waals surface area contributed by atoms with Crippen LogP contribution in [0.2, 0.25) is 6.04 Å². The van der Waals surface area contributed by atoms with Crippen LogP contribution in [-0.2, 0) is 13.3 Å². The molecule has 0 aliphatic rings. The summed E-state index contributed by atoms with van der Waals surface area (Å²) in [5.41, 5.74) is 5.86. The average molecular weight is 295 g/mol. The van der Waals surface area contributed by atoms with E-state index in [9.17, 15) is 0 Å². The van der Waals surface area contributed by atoms with Crippen molar-refractivity contribution in [2.24, 2.45) is 11.7 Å². The largest absolute Gasteiger partial charge is 0.501 e. The molecule has 0 spiro atoms.